The molecule has 0 saturated carbocycles. The van der Waals surface area contributed by atoms with Gasteiger partial charge in [0, 0.05) is 33.0 Å². The molecule has 2 aromatic carbocycles. The topological polar surface area (TPSA) is 71.1 Å². The second-order valence-corrected chi connectivity index (χ2v) is 8.66. The molecule has 0 N–H and O–H groups in total. The van der Waals surface area contributed by atoms with Crippen LogP contribution in [-0.2, 0) is 31.9 Å². The van der Waals surface area contributed by atoms with Crippen LogP contribution in [0.2, 0.25) is 0 Å². The van der Waals surface area contributed by atoms with Gasteiger partial charge in [0.25, 0.3) is 0 Å². The van der Waals surface area contributed by atoms with E-state index in [1.54, 1.807) is 27.7 Å². The highest BCUT2D eigenvalue weighted by Gasteiger charge is 2.24. The first-order valence-corrected chi connectivity index (χ1v) is 11.4. The molecule has 0 amide bonds. The molecule has 34 heavy (non-hydrogen) atoms. The molecule has 0 radical (unpaired) electrons. The summed E-state index contributed by atoms with van der Waals surface area (Å²) in [6.07, 6.45) is 4.75. The molecule has 2 aromatic rings. The number of carbonyl (C=O) groups excluding carboxylic acids is 2. The van der Waals surface area contributed by atoms with Gasteiger partial charge in [-0.3, -0.25) is 0 Å². The van der Waals surface area contributed by atoms with Gasteiger partial charge in [-0.2, -0.15) is 0 Å². The molecule has 1 aliphatic carbocycles. The minimum Gasteiger partial charge on any atom is -0.489 e. The van der Waals surface area contributed by atoms with Crippen molar-refractivity contribution in [2.45, 2.75) is 52.7 Å². The molecule has 6 nitrogen and oxygen atoms in total. The summed E-state index contributed by atoms with van der Waals surface area (Å²) >= 11 is 0. The lowest BCUT2D eigenvalue weighted by atomic mass is 9.90. The minimum absolute atomic E-state index is 0.216. The Balaban J connectivity index is 1.89. The van der Waals surface area contributed by atoms with Crippen molar-refractivity contribution in [2.75, 3.05) is 13.2 Å². The Morgan fingerprint density at radius 3 is 1.53 bits per heavy atom. The minimum atomic E-state index is -0.434. The maximum Gasteiger partial charge on any atom is 0.333 e. The highest BCUT2D eigenvalue weighted by molar-refractivity contribution is 5.96. The Labute approximate surface area is 200 Å². The van der Waals surface area contributed by atoms with Crippen LogP contribution in [0.4, 0.5) is 0 Å². The van der Waals surface area contributed by atoms with Crippen molar-refractivity contribution >= 4 is 22.7 Å². The zero-order chi connectivity index (χ0) is 24.8. The van der Waals surface area contributed by atoms with Gasteiger partial charge in [-0.25, -0.2) is 9.59 Å². The first-order valence-electron chi connectivity index (χ1n) is 11.4. The molecule has 0 heterocycles. The van der Waals surface area contributed by atoms with E-state index in [9.17, 15) is 9.59 Å². The fourth-order valence-electron chi connectivity index (χ4n) is 3.68. The van der Waals surface area contributed by atoms with Crippen molar-refractivity contribution < 1.29 is 28.5 Å². The number of rotatable bonds is 10. The lowest BCUT2D eigenvalue weighted by Crippen LogP contribution is -2.24. The second-order valence-electron chi connectivity index (χ2n) is 8.66. The van der Waals surface area contributed by atoms with Gasteiger partial charge >= 0.3 is 11.9 Å². The van der Waals surface area contributed by atoms with Crippen molar-refractivity contribution in [2.24, 2.45) is 0 Å². The summed E-state index contributed by atoms with van der Waals surface area (Å²) in [5.74, 6) is 0.664. The molecule has 1 aliphatic rings. The maximum absolute atomic E-state index is 11.8. The van der Waals surface area contributed by atoms with E-state index in [1.165, 1.54) is 0 Å². The van der Waals surface area contributed by atoms with Crippen molar-refractivity contribution in [1.29, 1.82) is 0 Å². The monoisotopic (exact) mass is 464 g/mol. The summed E-state index contributed by atoms with van der Waals surface area (Å²) in [4.78, 5) is 23.7. The summed E-state index contributed by atoms with van der Waals surface area (Å²) < 4.78 is 23.2. The van der Waals surface area contributed by atoms with Crippen LogP contribution in [0, 0.1) is 0 Å². The summed E-state index contributed by atoms with van der Waals surface area (Å²) in [5, 5.41) is 1.83. The van der Waals surface area contributed by atoms with Gasteiger partial charge in [0.05, 0.1) is 0 Å². The SMILES string of the molecule is C=C(C)C(=O)OC(C)COc1c2c(c(OCC(C)OC(=O)C(=C)C)c3ccccc13)CC=CC2. The first kappa shape index (κ1) is 25.1. The van der Waals surface area contributed by atoms with E-state index in [-0.39, 0.29) is 13.2 Å². The summed E-state index contributed by atoms with van der Waals surface area (Å²) in [6, 6.07) is 7.88. The summed E-state index contributed by atoms with van der Waals surface area (Å²) in [6.45, 7) is 14.5. The van der Waals surface area contributed by atoms with Crippen LogP contribution in [0.5, 0.6) is 11.5 Å². The van der Waals surface area contributed by atoms with Gasteiger partial charge < -0.3 is 18.9 Å². The molecular weight excluding hydrogens is 432 g/mol. The average Bonchev–Trinajstić information content (AvgIpc) is 2.80. The van der Waals surface area contributed by atoms with E-state index in [2.05, 4.69) is 25.3 Å². The third-order valence-electron chi connectivity index (χ3n) is 5.38. The van der Waals surface area contributed by atoms with Gasteiger partial charge in [-0.1, -0.05) is 49.6 Å². The van der Waals surface area contributed by atoms with E-state index in [1.807, 2.05) is 24.3 Å². The van der Waals surface area contributed by atoms with Crippen molar-refractivity contribution in [3.63, 3.8) is 0 Å². The molecule has 0 aromatic heterocycles. The maximum atomic E-state index is 11.8. The Morgan fingerprint density at radius 1 is 0.794 bits per heavy atom. The fourth-order valence-corrected chi connectivity index (χ4v) is 3.68. The third kappa shape index (κ3) is 5.87. The fraction of sp³-hybridized carbons (Fsp3) is 0.357. The van der Waals surface area contributed by atoms with Crippen LogP contribution in [0.1, 0.15) is 38.8 Å². The lowest BCUT2D eigenvalue weighted by molar-refractivity contribution is -0.145. The molecule has 0 saturated heterocycles. The van der Waals surface area contributed by atoms with E-state index in [0.717, 1.165) is 33.4 Å². The largest absolute Gasteiger partial charge is 0.489 e. The van der Waals surface area contributed by atoms with Gasteiger partial charge in [-0.15, -0.1) is 0 Å². The number of hydrogen-bond acceptors (Lipinski definition) is 6. The standard InChI is InChI=1S/C28H32O6/c1-17(2)27(29)33-19(5)15-31-25-21-11-7-9-13-23(21)26(24-14-10-8-12-22(24)25)32-16-20(6)34-28(30)18(3)4/h7-11,13,19-20H,1,3,12,14-16H2,2,4-6H3. The zero-order valence-electron chi connectivity index (χ0n) is 20.3. The zero-order valence-corrected chi connectivity index (χ0v) is 20.3. The molecule has 2 unspecified atom stereocenters. The Morgan fingerprint density at radius 2 is 1.18 bits per heavy atom. The van der Waals surface area contributed by atoms with Crippen molar-refractivity contribution in [3.8, 4) is 11.5 Å². The molecule has 0 fully saturated rings. The molecule has 3 rings (SSSR count). The van der Waals surface area contributed by atoms with Gasteiger partial charge in [0.15, 0.2) is 0 Å². The first-order chi connectivity index (χ1) is 16.2. The number of hydrogen-bond donors (Lipinski definition) is 0. The Bertz CT molecular complexity index is 1050. The molecule has 0 aliphatic heterocycles. The smallest absolute Gasteiger partial charge is 0.333 e. The summed E-state index contributed by atoms with van der Waals surface area (Å²) in [7, 11) is 0. The Hall–Kier alpha value is -3.54. The Kier molecular flexibility index (Phi) is 8.16. The molecular formula is C28H32O6. The van der Waals surface area contributed by atoms with E-state index in [0.29, 0.717) is 24.0 Å². The normalized spacial score (nSPS) is 14.0. The predicted molar refractivity (Wildman–Crippen MR) is 132 cm³/mol. The summed E-state index contributed by atoms with van der Waals surface area (Å²) in [5.41, 5.74) is 2.79. The number of carbonyl (C=O) groups is 2. The van der Waals surface area contributed by atoms with E-state index in [4.69, 9.17) is 18.9 Å². The highest BCUT2D eigenvalue weighted by atomic mass is 16.6. The van der Waals surface area contributed by atoms with Crippen molar-refractivity contribution in [3.05, 3.63) is 71.8 Å². The van der Waals surface area contributed by atoms with Gasteiger partial charge in [0.2, 0.25) is 0 Å². The van der Waals surface area contributed by atoms with Crippen LogP contribution in [0.25, 0.3) is 10.8 Å². The van der Waals surface area contributed by atoms with Crippen LogP contribution in [0.3, 0.4) is 0 Å². The molecule has 2 atom stereocenters. The lowest BCUT2D eigenvalue weighted by Gasteiger charge is -2.25. The quantitative estimate of drug-likeness (QED) is 0.271. The average molecular weight is 465 g/mol. The molecule has 0 spiro atoms. The van der Waals surface area contributed by atoms with E-state index >= 15 is 0 Å². The second kappa shape index (κ2) is 11.1. The molecule has 0 bridgehead atoms. The van der Waals surface area contributed by atoms with Crippen molar-refractivity contribution in [1.82, 2.24) is 0 Å². The van der Waals surface area contributed by atoms with Crippen LogP contribution >= 0.6 is 0 Å². The number of benzene rings is 2. The van der Waals surface area contributed by atoms with Gasteiger partial charge in [-0.05, 0) is 40.5 Å². The number of allylic oxidation sites excluding steroid dienone is 2. The molecule has 6 heteroatoms. The number of esters is 2. The predicted octanol–water partition coefficient (Wildman–Crippen LogP) is 5.27. The number of fused-ring (bicyclic) bond motifs is 2. The third-order valence-corrected chi connectivity index (χ3v) is 5.38. The van der Waals surface area contributed by atoms with E-state index < -0.39 is 24.1 Å². The van der Waals surface area contributed by atoms with Crippen LogP contribution in [-0.4, -0.2) is 37.4 Å². The van der Waals surface area contributed by atoms with Gasteiger partial charge in [0.1, 0.15) is 36.9 Å². The molecule has 180 valence electrons. The number of ether oxygens (including phenoxy) is 4. The van der Waals surface area contributed by atoms with Crippen LogP contribution in [0.15, 0.2) is 60.7 Å². The highest BCUT2D eigenvalue weighted by Crippen LogP contribution is 2.43. The van der Waals surface area contributed by atoms with Crippen LogP contribution < -0.4 is 9.47 Å².